The van der Waals surface area contributed by atoms with E-state index in [0.29, 0.717) is 5.92 Å². The van der Waals surface area contributed by atoms with E-state index in [2.05, 4.69) is 56.1 Å². The summed E-state index contributed by atoms with van der Waals surface area (Å²) in [7, 11) is 0. The topological polar surface area (TPSA) is 0 Å². The lowest BCUT2D eigenvalue weighted by atomic mass is 9.94. The van der Waals surface area contributed by atoms with Crippen LogP contribution in [0.25, 0.3) is 0 Å². The van der Waals surface area contributed by atoms with E-state index in [1.807, 2.05) is 18.2 Å². The van der Waals surface area contributed by atoms with Gasteiger partial charge in [0, 0.05) is 19.8 Å². The molecule has 0 spiro atoms. The predicted octanol–water partition coefficient (Wildman–Crippen LogP) is 6.55. The van der Waals surface area contributed by atoms with Crippen LogP contribution in [0.2, 0.25) is 10.0 Å². The molecule has 0 aliphatic rings. The van der Waals surface area contributed by atoms with Crippen LogP contribution in [0.4, 0.5) is 0 Å². The van der Waals surface area contributed by atoms with Gasteiger partial charge in [0.25, 0.3) is 0 Å². The van der Waals surface area contributed by atoms with E-state index in [9.17, 15) is 0 Å². The quantitative estimate of drug-likeness (QED) is 0.466. The van der Waals surface area contributed by atoms with Gasteiger partial charge >= 0.3 is 0 Å². The summed E-state index contributed by atoms with van der Waals surface area (Å²) in [4.78, 5) is 0. The zero-order valence-electron chi connectivity index (χ0n) is 10.8. The zero-order valence-corrected chi connectivity index (χ0v) is 15.4. The van der Waals surface area contributed by atoms with Gasteiger partial charge in [-0.05, 0) is 60.2 Å². The first kappa shape index (κ1) is 16.4. The monoisotopic (exact) mass is 434 g/mol. The second kappa shape index (κ2) is 7.84. The number of benzene rings is 2. The number of hydrogen-bond acceptors (Lipinski definition) is 0. The molecule has 0 saturated carbocycles. The van der Waals surface area contributed by atoms with Crippen LogP contribution in [0.3, 0.4) is 0 Å². The van der Waals surface area contributed by atoms with E-state index in [1.165, 1.54) is 5.56 Å². The van der Waals surface area contributed by atoms with E-state index in [4.69, 9.17) is 23.2 Å². The van der Waals surface area contributed by atoms with Crippen molar-refractivity contribution in [3.63, 3.8) is 0 Å². The summed E-state index contributed by atoms with van der Waals surface area (Å²) in [5.74, 6) is 0.493. The SMILES string of the molecule is Clc1ccc(Cl)c(CC(CBr)Cc2ccc(Br)cc2)c1. The molecule has 0 bridgehead atoms. The minimum Gasteiger partial charge on any atom is -0.0925 e. The van der Waals surface area contributed by atoms with Crippen LogP contribution in [0.5, 0.6) is 0 Å². The highest BCUT2D eigenvalue weighted by atomic mass is 79.9. The Morgan fingerprint density at radius 2 is 1.65 bits per heavy atom. The minimum absolute atomic E-state index is 0.493. The van der Waals surface area contributed by atoms with Gasteiger partial charge in [0.2, 0.25) is 0 Å². The largest absolute Gasteiger partial charge is 0.0925 e. The summed E-state index contributed by atoms with van der Waals surface area (Å²) < 4.78 is 1.11. The molecule has 20 heavy (non-hydrogen) atoms. The molecule has 0 aliphatic heterocycles. The van der Waals surface area contributed by atoms with Crippen molar-refractivity contribution >= 4 is 55.1 Å². The number of halogens is 4. The Bertz CT molecular complexity index is 567. The van der Waals surface area contributed by atoms with Gasteiger partial charge in [-0.15, -0.1) is 0 Å². The molecule has 0 heterocycles. The molecular weight excluding hydrogens is 423 g/mol. The van der Waals surface area contributed by atoms with E-state index >= 15 is 0 Å². The van der Waals surface area contributed by atoms with Crippen molar-refractivity contribution in [2.75, 3.05) is 5.33 Å². The first-order valence-electron chi connectivity index (χ1n) is 6.33. The fourth-order valence-corrected chi connectivity index (χ4v) is 3.26. The molecule has 0 N–H and O–H groups in total. The van der Waals surface area contributed by atoms with Gasteiger partial charge in [-0.3, -0.25) is 0 Å². The highest BCUT2D eigenvalue weighted by molar-refractivity contribution is 9.10. The molecule has 2 aromatic rings. The van der Waals surface area contributed by atoms with Crippen molar-refractivity contribution in [2.45, 2.75) is 12.8 Å². The van der Waals surface area contributed by atoms with E-state index in [-0.39, 0.29) is 0 Å². The summed E-state index contributed by atoms with van der Waals surface area (Å²) in [6.45, 7) is 0. The van der Waals surface area contributed by atoms with Gasteiger partial charge in [-0.2, -0.15) is 0 Å². The molecule has 4 heteroatoms. The summed E-state index contributed by atoms with van der Waals surface area (Å²) in [6.07, 6.45) is 1.93. The Labute approximate surface area is 146 Å². The fourth-order valence-electron chi connectivity index (χ4n) is 2.15. The molecule has 0 radical (unpaired) electrons. The van der Waals surface area contributed by atoms with Crippen LogP contribution in [-0.4, -0.2) is 5.33 Å². The lowest BCUT2D eigenvalue weighted by Crippen LogP contribution is -2.10. The summed E-state index contributed by atoms with van der Waals surface area (Å²) >= 11 is 19.3. The normalized spacial score (nSPS) is 12.4. The van der Waals surface area contributed by atoms with E-state index in [0.717, 1.165) is 38.3 Å². The molecule has 1 atom stereocenters. The molecule has 0 aromatic heterocycles. The Balaban J connectivity index is 2.08. The van der Waals surface area contributed by atoms with Crippen molar-refractivity contribution in [3.8, 4) is 0 Å². The molecule has 106 valence electrons. The number of alkyl halides is 1. The zero-order chi connectivity index (χ0) is 14.5. The van der Waals surface area contributed by atoms with Crippen LogP contribution in [0.15, 0.2) is 46.9 Å². The van der Waals surface area contributed by atoms with Gasteiger partial charge in [-0.25, -0.2) is 0 Å². The van der Waals surface area contributed by atoms with Crippen molar-refractivity contribution in [2.24, 2.45) is 5.92 Å². The van der Waals surface area contributed by atoms with Crippen molar-refractivity contribution in [3.05, 3.63) is 68.1 Å². The van der Waals surface area contributed by atoms with Crippen LogP contribution in [-0.2, 0) is 12.8 Å². The maximum atomic E-state index is 6.24. The number of hydrogen-bond donors (Lipinski definition) is 0. The number of rotatable bonds is 5. The molecule has 0 aliphatic carbocycles. The predicted molar refractivity (Wildman–Crippen MR) is 95.3 cm³/mol. The van der Waals surface area contributed by atoms with Crippen molar-refractivity contribution in [1.82, 2.24) is 0 Å². The summed E-state index contributed by atoms with van der Waals surface area (Å²) in [5, 5.41) is 2.46. The first-order valence-corrected chi connectivity index (χ1v) is 9.00. The van der Waals surface area contributed by atoms with Gasteiger partial charge < -0.3 is 0 Å². The Hall–Kier alpha value is -0.0200. The summed E-state index contributed by atoms with van der Waals surface area (Å²) in [5.41, 5.74) is 2.44. The Morgan fingerprint density at radius 3 is 2.30 bits per heavy atom. The third-order valence-electron chi connectivity index (χ3n) is 3.17. The van der Waals surface area contributed by atoms with Crippen LogP contribution in [0, 0.1) is 5.92 Å². The molecule has 0 amide bonds. The van der Waals surface area contributed by atoms with Crippen LogP contribution >= 0.6 is 55.1 Å². The van der Waals surface area contributed by atoms with Crippen molar-refractivity contribution < 1.29 is 0 Å². The second-order valence-corrected chi connectivity index (χ2v) is 7.20. The molecule has 1 unspecified atom stereocenters. The lowest BCUT2D eigenvalue weighted by Gasteiger charge is -2.15. The molecule has 0 saturated heterocycles. The minimum atomic E-state index is 0.493. The molecule has 2 rings (SSSR count). The van der Waals surface area contributed by atoms with Gasteiger partial charge in [-0.1, -0.05) is 67.2 Å². The molecule has 0 nitrogen and oxygen atoms in total. The third kappa shape index (κ3) is 4.77. The van der Waals surface area contributed by atoms with E-state index in [1.54, 1.807) is 0 Å². The van der Waals surface area contributed by atoms with Crippen LogP contribution in [0.1, 0.15) is 11.1 Å². The fraction of sp³-hybridized carbons (Fsp3) is 0.250. The summed E-state index contributed by atoms with van der Waals surface area (Å²) in [6, 6.07) is 14.1. The Morgan fingerprint density at radius 1 is 0.950 bits per heavy atom. The molecule has 2 aromatic carbocycles. The molecule has 0 fully saturated rings. The van der Waals surface area contributed by atoms with E-state index < -0.39 is 0 Å². The highest BCUT2D eigenvalue weighted by Gasteiger charge is 2.12. The highest BCUT2D eigenvalue weighted by Crippen LogP contribution is 2.25. The molecular formula is C16H14Br2Cl2. The lowest BCUT2D eigenvalue weighted by molar-refractivity contribution is 0.591. The van der Waals surface area contributed by atoms with Crippen molar-refractivity contribution in [1.29, 1.82) is 0 Å². The van der Waals surface area contributed by atoms with Gasteiger partial charge in [0.1, 0.15) is 0 Å². The average Bonchev–Trinajstić information content (AvgIpc) is 2.44. The Kier molecular flexibility index (Phi) is 6.41. The second-order valence-electron chi connectivity index (χ2n) is 4.79. The third-order valence-corrected chi connectivity index (χ3v) is 5.22. The van der Waals surface area contributed by atoms with Gasteiger partial charge in [0.05, 0.1) is 0 Å². The van der Waals surface area contributed by atoms with Crippen LogP contribution < -0.4 is 0 Å². The average molecular weight is 437 g/mol. The maximum Gasteiger partial charge on any atom is 0.0439 e. The maximum absolute atomic E-state index is 6.24. The van der Waals surface area contributed by atoms with Gasteiger partial charge in [0.15, 0.2) is 0 Å². The smallest absolute Gasteiger partial charge is 0.0439 e. The standard InChI is InChI=1S/C16H14Br2Cl2/c17-10-12(7-11-1-3-14(18)4-2-11)8-13-9-15(19)5-6-16(13)20/h1-6,9,12H,7-8,10H2. The first-order chi connectivity index (χ1) is 9.58.